The van der Waals surface area contributed by atoms with Crippen molar-refractivity contribution in [3.63, 3.8) is 0 Å². The number of nitrogens with zero attached hydrogens (tertiary/aromatic N) is 1. The number of esters is 2. The number of amides is 1. The molecule has 2 aromatic rings. The van der Waals surface area contributed by atoms with Gasteiger partial charge in [-0.1, -0.05) is 18.2 Å². The van der Waals surface area contributed by atoms with Crippen LogP contribution in [-0.2, 0) is 20.7 Å². The van der Waals surface area contributed by atoms with Crippen LogP contribution in [-0.4, -0.2) is 30.5 Å². The van der Waals surface area contributed by atoms with E-state index in [4.69, 9.17) is 9.47 Å². The molecule has 0 aliphatic carbocycles. The standard InChI is InChI=1S/C20H17NO5/c22-18-6-3-11-21(18)14-7-9-15(10-8-14)25-20(24)17-12-13-4-1-2-5-16(13)19(23)26-17/h1-2,4-5,7-10,17H,3,6,11-12H2/t17-/m0/s1. The fourth-order valence-corrected chi connectivity index (χ4v) is 3.26. The second-order valence-electron chi connectivity index (χ2n) is 6.32. The summed E-state index contributed by atoms with van der Waals surface area (Å²) >= 11 is 0. The first kappa shape index (κ1) is 16.3. The van der Waals surface area contributed by atoms with Crippen LogP contribution in [0, 0.1) is 0 Å². The second kappa shape index (κ2) is 6.63. The van der Waals surface area contributed by atoms with E-state index in [0.29, 0.717) is 30.7 Å². The number of anilines is 1. The van der Waals surface area contributed by atoms with Gasteiger partial charge in [-0.25, -0.2) is 9.59 Å². The smallest absolute Gasteiger partial charge is 0.353 e. The predicted molar refractivity (Wildman–Crippen MR) is 93.0 cm³/mol. The van der Waals surface area contributed by atoms with Crippen LogP contribution >= 0.6 is 0 Å². The number of hydrogen-bond donors (Lipinski definition) is 0. The zero-order valence-corrected chi connectivity index (χ0v) is 14.0. The topological polar surface area (TPSA) is 72.9 Å². The SMILES string of the molecule is O=C1O[C@H](C(=O)Oc2ccc(N3CCCC3=O)cc2)Cc2ccccc21. The van der Waals surface area contributed by atoms with Crippen LogP contribution in [0.2, 0.25) is 0 Å². The van der Waals surface area contributed by atoms with E-state index in [-0.39, 0.29) is 5.91 Å². The zero-order chi connectivity index (χ0) is 18.1. The number of hydrogen-bond acceptors (Lipinski definition) is 5. The fraction of sp³-hybridized carbons (Fsp3) is 0.250. The molecule has 0 saturated carbocycles. The molecule has 132 valence electrons. The Hall–Kier alpha value is -3.15. The van der Waals surface area contributed by atoms with Crippen LogP contribution in [0.3, 0.4) is 0 Å². The van der Waals surface area contributed by atoms with E-state index < -0.39 is 18.0 Å². The van der Waals surface area contributed by atoms with Crippen molar-refractivity contribution in [3.05, 3.63) is 59.7 Å². The van der Waals surface area contributed by atoms with E-state index in [2.05, 4.69) is 0 Å². The van der Waals surface area contributed by atoms with E-state index in [1.165, 1.54) is 0 Å². The van der Waals surface area contributed by atoms with Gasteiger partial charge < -0.3 is 14.4 Å². The van der Waals surface area contributed by atoms with Crippen molar-refractivity contribution in [2.24, 2.45) is 0 Å². The highest BCUT2D eigenvalue weighted by molar-refractivity contribution is 5.96. The molecule has 6 heteroatoms. The number of rotatable bonds is 3. The summed E-state index contributed by atoms with van der Waals surface area (Å²) in [5, 5.41) is 0. The Bertz CT molecular complexity index is 874. The van der Waals surface area contributed by atoms with Crippen LogP contribution in [0.25, 0.3) is 0 Å². The fourth-order valence-electron chi connectivity index (χ4n) is 3.26. The average Bonchev–Trinajstić information content (AvgIpc) is 3.08. The average molecular weight is 351 g/mol. The maximum Gasteiger partial charge on any atom is 0.353 e. The first-order valence-electron chi connectivity index (χ1n) is 8.53. The quantitative estimate of drug-likeness (QED) is 0.627. The third kappa shape index (κ3) is 3.06. The monoisotopic (exact) mass is 351 g/mol. The Morgan fingerprint density at radius 1 is 1.08 bits per heavy atom. The number of carbonyl (C=O) groups is 3. The van der Waals surface area contributed by atoms with Gasteiger partial charge in [0.05, 0.1) is 5.56 Å². The summed E-state index contributed by atoms with van der Waals surface area (Å²) in [6.07, 6.45) is 0.744. The molecule has 2 aliphatic heterocycles. The summed E-state index contributed by atoms with van der Waals surface area (Å²) in [5.41, 5.74) is 2.04. The number of carbonyl (C=O) groups excluding carboxylic acids is 3. The Labute approximate surface area is 150 Å². The first-order chi connectivity index (χ1) is 12.6. The lowest BCUT2D eigenvalue weighted by atomic mass is 9.99. The summed E-state index contributed by atoms with van der Waals surface area (Å²) < 4.78 is 10.5. The summed E-state index contributed by atoms with van der Waals surface area (Å²) in [5.74, 6) is -0.683. The molecule has 2 aliphatic rings. The van der Waals surface area contributed by atoms with Gasteiger partial charge in [0.1, 0.15) is 5.75 Å². The van der Waals surface area contributed by atoms with Crippen molar-refractivity contribution in [2.45, 2.75) is 25.4 Å². The van der Waals surface area contributed by atoms with Crippen LogP contribution < -0.4 is 9.64 Å². The van der Waals surface area contributed by atoms with Gasteiger partial charge in [-0.3, -0.25) is 4.79 Å². The summed E-state index contributed by atoms with van der Waals surface area (Å²) in [6, 6.07) is 13.8. The molecular weight excluding hydrogens is 334 g/mol. The van der Waals surface area contributed by atoms with Gasteiger partial charge in [0.25, 0.3) is 0 Å². The number of ether oxygens (including phenoxy) is 2. The summed E-state index contributed by atoms with van der Waals surface area (Å²) in [7, 11) is 0. The third-order valence-corrected chi connectivity index (χ3v) is 4.60. The highest BCUT2D eigenvalue weighted by atomic mass is 16.6. The van der Waals surface area contributed by atoms with E-state index in [1.807, 2.05) is 6.07 Å². The van der Waals surface area contributed by atoms with Crippen LogP contribution in [0.1, 0.15) is 28.8 Å². The number of benzene rings is 2. The first-order valence-corrected chi connectivity index (χ1v) is 8.53. The molecule has 26 heavy (non-hydrogen) atoms. The van der Waals surface area contributed by atoms with Crippen molar-refractivity contribution >= 4 is 23.5 Å². The lowest BCUT2D eigenvalue weighted by Gasteiger charge is -2.23. The molecule has 0 bridgehead atoms. The van der Waals surface area contributed by atoms with E-state index in [1.54, 1.807) is 47.4 Å². The van der Waals surface area contributed by atoms with Gasteiger partial charge in [-0.15, -0.1) is 0 Å². The molecule has 0 spiro atoms. The normalized spacial score (nSPS) is 19.1. The molecule has 1 amide bonds. The Balaban J connectivity index is 1.44. The molecule has 1 saturated heterocycles. The van der Waals surface area contributed by atoms with Crippen LogP contribution in [0.4, 0.5) is 5.69 Å². The molecule has 4 rings (SSSR count). The minimum absolute atomic E-state index is 0.0996. The Morgan fingerprint density at radius 2 is 1.85 bits per heavy atom. The Morgan fingerprint density at radius 3 is 2.58 bits per heavy atom. The molecule has 1 fully saturated rings. The highest BCUT2D eigenvalue weighted by Gasteiger charge is 2.32. The molecule has 2 aromatic carbocycles. The van der Waals surface area contributed by atoms with Crippen molar-refractivity contribution < 1.29 is 23.9 Å². The van der Waals surface area contributed by atoms with Crippen LogP contribution in [0.15, 0.2) is 48.5 Å². The number of cyclic esters (lactones) is 1. The van der Waals surface area contributed by atoms with Crippen molar-refractivity contribution in [3.8, 4) is 5.75 Å². The molecule has 2 heterocycles. The Kier molecular flexibility index (Phi) is 4.16. The third-order valence-electron chi connectivity index (χ3n) is 4.60. The van der Waals surface area contributed by atoms with Crippen molar-refractivity contribution in [1.29, 1.82) is 0 Å². The molecule has 6 nitrogen and oxygen atoms in total. The summed E-state index contributed by atoms with van der Waals surface area (Å²) in [6.45, 7) is 0.704. The lowest BCUT2D eigenvalue weighted by Crippen LogP contribution is -2.37. The van der Waals surface area contributed by atoms with Gasteiger partial charge in [0.15, 0.2) is 0 Å². The van der Waals surface area contributed by atoms with Gasteiger partial charge in [-0.2, -0.15) is 0 Å². The molecule has 0 N–H and O–H groups in total. The van der Waals surface area contributed by atoms with Crippen LogP contribution in [0.5, 0.6) is 5.75 Å². The van der Waals surface area contributed by atoms with Gasteiger partial charge in [0, 0.05) is 25.1 Å². The molecule has 0 aromatic heterocycles. The van der Waals surface area contributed by atoms with Crippen molar-refractivity contribution in [2.75, 3.05) is 11.4 Å². The van der Waals surface area contributed by atoms with E-state index >= 15 is 0 Å². The maximum absolute atomic E-state index is 12.4. The molecule has 0 unspecified atom stereocenters. The maximum atomic E-state index is 12.4. The van der Waals surface area contributed by atoms with E-state index in [9.17, 15) is 14.4 Å². The highest BCUT2D eigenvalue weighted by Crippen LogP contribution is 2.25. The second-order valence-corrected chi connectivity index (χ2v) is 6.32. The van der Waals surface area contributed by atoms with Gasteiger partial charge in [0.2, 0.25) is 12.0 Å². The zero-order valence-electron chi connectivity index (χ0n) is 14.0. The lowest BCUT2D eigenvalue weighted by molar-refractivity contribution is -0.144. The minimum atomic E-state index is -0.961. The van der Waals surface area contributed by atoms with Gasteiger partial charge in [-0.05, 0) is 42.3 Å². The summed E-state index contributed by atoms with van der Waals surface area (Å²) in [4.78, 5) is 37.8. The van der Waals surface area contributed by atoms with E-state index in [0.717, 1.165) is 17.7 Å². The molecular formula is C20H17NO5. The van der Waals surface area contributed by atoms with Crippen molar-refractivity contribution in [1.82, 2.24) is 0 Å². The molecule has 1 atom stereocenters. The minimum Gasteiger partial charge on any atom is -0.446 e. The number of fused-ring (bicyclic) bond motifs is 1. The molecule has 0 radical (unpaired) electrons. The van der Waals surface area contributed by atoms with Gasteiger partial charge >= 0.3 is 11.9 Å². The predicted octanol–water partition coefficient (Wildman–Crippen LogP) is 2.50. The largest absolute Gasteiger partial charge is 0.446 e.